The van der Waals surface area contributed by atoms with Gasteiger partial charge in [-0.05, 0) is 37.3 Å². The van der Waals surface area contributed by atoms with Crippen molar-refractivity contribution in [2.24, 2.45) is 0 Å². The molecule has 1 aromatic heterocycles. The molecule has 1 fully saturated rings. The molecule has 1 aliphatic carbocycles. The Morgan fingerprint density at radius 3 is 2.65 bits per heavy atom. The SMILES string of the molecule is CSc1nc2ccc(NC3CCCCCCC3)cc2s1. The molecule has 1 aromatic carbocycles. The maximum Gasteiger partial charge on any atom is 0.150 e. The van der Waals surface area contributed by atoms with Crippen LogP contribution in [0.1, 0.15) is 44.9 Å². The van der Waals surface area contributed by atoms with Gasteiger partial charge in [-0.1, -0.05) is 43.9 Å². The summed E-state index contributed by atoms with van der Waals surface area (Å²) < 4.78 is 2.45. The molecule has 1 aliphatic rings. The second-order valence-electron chi connectivity index (χ2n) is 5.55. The summed E-state index contributed by atoms with van der Waals surface area (Å²) in [5, 5.41) is 3.74. The predicted molar refractivity (Wildman–Crippen MR) is 91.1 cm³/mol. The van der Waals surface area contributed by atoms with E-state index >= 15 is 0 Å². The number of anilines is 1. The first kappa shape index (κ1) is 14.2. The highest BCUT2D eigenvalue weighted by atomic mass is 32.2. The number of nitrogens with zero attached hydrogens (tertiary/aromatic N) is 1. The van der Waals surface area contributed by atoms with Crippen molar-refractivity contribution in [1.29, 1.82) is 0 Å². The van der Waals surface area contributed by atoms with E-state index in [0.29, 0.717) is 6.04 Å². The average molecular weight is 306 g/mol. The van der Waals surface area contributed by atoms with Crippen molar-refractivity contribution in [2.45, 2.75) is 55.3 Å². The number of nitrogens with one attached hydrogen (secondary N) is 1. The van der Waals surface area contributed by atoms with E-state index in [1.54, 1.807) is 23.1 Å². The summed E-state index contributed by atoms with van der Waals surface area (Å²) in [5.41, 5.74) is 2.39. The Morgan fingerprint density at radius 1 is 1.15 bits per heavy atom. The van der Waals surface area contributed by atoms with E-state index in [1.165, 1.54) is 55.3 Å². The van der Waals surface area contributed by atoms with Gasteiger partial charge in [0.25, 0.3) is 0 Å². The quantitative estimate of drug-likeness (QED) is 0.753. The van der Waals surface area contributed by atoms with Gasteiger partial charge < -0.3 is 5.32 Å². The topological polar surface area (TPSA) is 24.9 Å². The highest BCUT2D eigenvalue weighted by molar-refractivity contribution is 8.00. The maximum atomic E-state index is 4.60. The molecule has 0 atom stereocenters. The Balaban J connectivity index is 1.72. The van der Waals surface area contributed by atoms with E-state index in [2.05, 4.69) is 34.8 Å². The van der Waals surface area contributed by atoms with Crippen LogP contribution >= 0.6 is 23.1 Å². The van der Waals surface area contributed by atoms with Crippen LogP contribution in [0.3, 0.4) is 0 Å². The Hall–Kier alpha value is -0.740. The van der Waals surface area contributed by atoms with Gasteiger partial charge >= 0.3 is 0 Å². The van der Waals surface area contributed by atoms with Crippen LogP contribution in [0.15, 0.2) is 22.5 Å². The lowest BCUT2D eigenvalue weighted by atomic mass is 9.96. The van der Waals surface area contributed by atoms with Crippen LogP contribution in [0.5, 0.6) is 0 Å². The zero-order valence-corrected chi connectivity index (χ0v) is 13.7. The zero-order chi connectivity index (χ0) is 13.8. The zero-order valence-electron chi connectivity index (χ0n) is 12.0. The van der Waals surface area contributed by atoms with Gasteiger partial charge in [-0.2, -0.15) is 0 Å². The number of fused-ring (bicyclic) bond motifs is 1. The first-order valence-electron chi connectivity index (χ1n) is 7.56. The van der Waals surface area contributed by atoms with Crippen LogP contribution in [0.4, 0.5) is 5.69 Å². The minimum Gasteiger partial charge on any atom is -0.382 e. The lowest BCUT2D eigenvalue weighted by Gasteiger charge is -2.22. The minimum atomic E-state index is 0.653. The summed E-state index contributed by atoms with van der Waals surface area (Å²) in [6.07, 6.45) is 11.7. The van der Waals surface area contributed by atoms with Gasteiger partial charge in [0.1, 0.15) is 0 Å². The number of hydrogen-bond acceptors (Lipinski definition) is 4. The van der Waals surface area contributed by atoms with E-state index in [4.69, 9.17) is 0 Å². The Labute approximate surface area is 129 Å². The molecule has 0 aliphatic heterocycles. The van der Waals surface area contributed by atoms with Crippen molar-refractivity contribution in [3.63, 3.8) is 0 Å². The fourth-order valence-electron chi connectivity index (χ4n) is 2.92. The van der Waals surface area contributed by atoms with Gasteiger partial charge in [0.2, 0.25) is 0 Å². The predicted octanol–water partition coefficient (Wildman–Crippen LogP) is 5.54. The molecule has 0 bridgehead atoms. The molecular formula is C16H22N2S2. The van der Waals surface area contributed by atoms with Crippen molar-refractivity contribution < 1.29 is 0 Å². The maximum absolute atomic E-state index is 4.60. The number of thiazole rings is 1. The van der Waals surface area contributed by atoms with Gasteiger partial charge in [-0.15, -0.1) is 11.3 Å². The molecule has 2 nitrogen and oxygen atoms in total. The molecule has 2 aromatic rings. The van der Waals surface area contributed by atoms with Gasteiger partial charge in [0, 0.05) is 11.7 Å². The molecule has 1 heterocycles. The summed E-state index contributed by atoms with van der Waals surface area (Å²) in [4.78, 5) is 4.60. The average Bonchev–Trinajstić information content (AvgIpc) is 2.84. The second-order valence-corrected chi connectivity index (χ2v) is 7.64. The molecule has 20 heavy (non-hydrogen) atoms. The molecule has 0 saturated heterocycles. The van der Waals surface area contributed by atoms with E-state index < -0.39 is 0 Å². The molecule has 1 saturated carbocycles. The standard InChI is InChI=1S/C16H22N2S2/c1-19-16-18-14-10-9-13(11-15(14)20-16)17-12-7-5-3-2-4-6-8-12/h9-12,17H,2-8H2,1H3. The normalized spacial score (nSPS) is 17.9. The molecule has 108 valence electrons. The third kappa shape index (κ3) is 3.47. The Bertz CT molecular complexity index is 557. The summed E-state index contributed by atoms with van der Waals surface area (Å²) in [6, 6.07) is 7.26. The first-order chi connectivity index (χ1) is 9.85. The smallest absolute Gasteiger partial charge is 0.150 e. The number of benzene rings is 1. The molecule has 1 N–H and O–H groups in total. The summed E-state index contributed by atoms with van der Waals surface area (Å²) in [6.45, 7) is 0. The summed E-state index contributed by atoms with van der Waals surface area (Å²) >= 11 is 3.52. The van der Waals surface area contributed by atoms with Crippen LogP contribution in [0.25, 0.3) is 10.2 Å². The van der Waals surface area contributed by atoms with E-state index in [-0.39, 0.29) is 0 Å². The molecular weight excluding hydrogens is 284 g/mol. The van der Waals surface area contributed by atoms with Crippen molar-refractivity contribution in [3.05, 3.63) is 18.2 Å². The largest absolute Gasteiger partial charge is 0.382 e. The third-order valence-electron chi connectivity index (χ3n) is 4.02. The van der Waals surface area contributed by atoms with Crippen molar-refractivity contribution in [3.8, 4) is 0 Å². The first-order valence-corrected chi connectivity index (χ1v) is 9.60. The minimum absolute atomic E-state index is 0.653. The van der Waals surface area contributed by atoms with Crippen molar-refractivity contribution >= 4 is 39.0 Å². The van der Waals surface area contributed by atoms with Crippen molar-refractivity contribution in [2.75, 3.05) is 11.6 Å². The highest BCUT2D eigenvalue weighted by Gasteiger charge is 2.12. The molecule has 0 radical (unpaired) electrons. The fraction of sp³-hybridized carbons (Fsp3) is 0.562. The van der Waals surface area contributed by atoms with Crippen LogP contribution in [0, 0.1) is 0 Å². The highest BCUT2D eigenvalue weighted by Crippen LogP contribution is 2.30. The lowest BCUT2D eigenvalue weighted by Crippen LogP contribution is -2.20. The number of thioether (sulfide) groups is 1. The molecule has 0 amide bonds. The Morgan fingerprint density at radius 2 is 1.90 bits per heavy atom. The molecule has 0 spiro atoms. The van der Waals surface area contributed by atoms with Gasteiger partial charge in [-0.3, -0.25) is 0 Å². The molecule has 4 heteroatoms. The fourth-order valence-corrected chi connectivity index (χ4v) is 4.45. The van der Waals surface area contributed by atoms with Crippen LogP contribution in [0.2, 0.25) is 0 Å². The van der Waals surface area contributed by atoms with Crippen LogP contribution in [-0.2, 0) is 0 Å². The van der Waals surface area contributed by atoms with Gasteiger partial charge in [0.05, 0.1) is 10.2 Å². The van der Waals surface area contributed by atoms with Crippen LogP contribution in [-0.4, -0.2) is 17.3 Å². The monoisotopic (exact) mass is 306 g/mol. The number of aromatic nitrogens is 1. The lowest BCUT2D eigenvalue weighted by molar-refractivity contribution is 0.471. The van der Waals surface area contributed by atoms with Crippen LogP contribution < -0.4 is 5.32 Å². The summed E-state index contributed by atoms with van der Waals surface area (Å²) in [7, 11) is 0. The molecule has 3 rings (SSSR count). The van der Waals surface area contributed by atoms with E-state index in [1.807, 2.05) is 0 Å². The van der Waals surface area contributed by atoms with E-state index in [0.717, 1.165) is 9.86 Å². The summed E-state index contributed by atoms with van der Waals surface area (Å²) in [5.74, 6) is 0. The number of rotatable bonds is 3. The second kappa shape index (κ2) is 6.81. The van der Waals surface area contributed by atoms with Gasteiger partial charge in [0.15, 0.2) is 4.34 Å². The van der Waals surface area contributed by atoms with Gasteiger partial charge in [-0.25, -0.2) is 4.98 Å². The number of hydrogen-bond donors (Lipinski definition) is 1. The third-order valence-corrected chi connectivity index (χ3v) is 6.02. The Kier molecular flexibility index (Phi) is 4.84. The van der Waals surface area contributed by atoms with E-state index in [9.17, 15) is 0 Å². The molecule has 0 unspecified atom stereocenters. The van der Waals surface area contributed by atoms with Crippen molar-refractivity contribution in [1.82, 2.24) is 4.98 Å².